The summed E-state index contributed by atoms with van der Waals surface area (Å²) in [6, 6.07) is 9.70. The molecule has 3 rings (SSSR count). The van der Waals surface area contributed by atoms with E-state index in [1.165, 1.54) is 11.8 Å². The number of benzene rings is 1. The number of furan rings is 1. The molecule has 1 atom stereocenters. The molecular weight excluding hydrogens is 286 g/mol. The van der Waals surface area contributed by atoms with Gasteiger partial charge in [-0.25, -0.2) is 0 Å². The molecule has 21 heavy (non-hydrogen) atoms. The third kappa shape index (κ3) is 3.30. The van der Waals surface area contributed by atoms with Crippen LogP contribution in [-0.4, -0.2) is 23.9 Å². The van der Waals surface area contributed by atoms with E-state index in [4.69, 9.17) is 16.0 Å². The van der Waals surface area contributed by atoms with Crippen LogP contribution in [0.25, 0.3) is 0 Å². The Morgan fingerprint density at radius 2 is 2.00 bits per heavy atom. The summed E-state index contributed by atoms with van der Waals surface area (Å²) < 4.78 is 5.02. The predicted octanol–water partition coefficient (Wildman–Crippen LogP) is 4.34. The highest BCUT2D eigenvalue weighted by Crippen LogP contribution is 2.28. The minimum Gasteiger partial charge on any atom is -0.472 e. The molecule has 0 N–H and O–H groups in total. The molecule has 1 fully saturated rings. The zero-order valence-corrected chi connectivity index (χ0v) is 12.6. The standard InChI is InChI=1S/C17H18ClNO2/c18-16-6-4-13(5-7-16)14-3-1-2-9-19(11-14)17(20)15-8-10-21-12-15/h4-8,10,12,14H,1-3,9,11H2/t14-/m0/s1. The minimum atomic E-state index is 0.0598. The van der Waals surface area contributed by atoms with Crippen LogP contribution in [0.1, 0.15) is 41.1 Å². The third-order valence-corrected chi connectivity index (χ3v) is 4.32. The molecule has 1 aromatic carbocycles. The molecule has 2 heterocycles. The quantitative estimate of drug-likeness (QED) is 0.826. The number of likely N-dealkylation sites (tertiary alicyclic amines) is 1. The Morgan fingerprint density at radius 1 is 1.19 bits per heavy atom. The lowest BCUT2D eigenvalue weighted by molar-refractivity contribution is 0.0754. The van der Waals surface area contributed by atoms with Gasteiger partial charge in [0.05, 0.1) is 11.8 Å². The van der Waals surface area contributed by atoms with Gasteiger partial charge < -0.3 is 9.32 Å². The van der Waals surface area contributed by atoms with Crippen LogP contribution >= 0.6 is 11.6 Å². The van der Waals surface area contributed by atoms with Crippen molar-refractivity contribution in [3.05, 3.63) is 59.0 Å². The maximum Gasteiger partial charge on any atom is 0.257 e. The SMILES string of the molecule is O=C(c1ccoc1)N1CCCC[C@H](c2ccc(Cl)cc2)C1. The van der Waals surface area contributed by atoms with Gasteiger partial charge in [0, 0.05) is 24.0 Å². The van der Waals surface area contributed by atoms with Gasteiger partial charge in [0.2, 0.25) is 0 Å². The van der Waals surface area contributed by atoms with Crippen molar-refractivity contribution in [3.8, 4) is 0 Å². The van der Waals surface area contributed by atoms with Crippen molar-refractivity contribution in [2.45, 2.75) is 25.2 Å². The maximum absolute atomic E-state index is 12.5. The molecule has 1 saturated heterocycles. The van der Waals surface area contributed by atoms with Crippen LogP contribution in [0.3, 0.4) is 0 Å². The molecule has 1 aromatic heterocycles. The topological polar surface area (TPSA) is 33.5 Å². The molecule has 0 spiro atoms. The van der Waals surface area contributed by atoms with Crippen molar-refractivity contribution in [3.63, 3.8) is 0 Å². The van der Waals surface area contributed by atoms with Gasteiger partial charge in [-0.05, 0) is 36.6 Å². The molecule has 0 bridgehead atoms. The number of rotatable bonds is 2. The number of hydrogen-bond donors (Lipinski definition) is 0. The normalized spacial score (nSPS) is 19.3. The number of carbonyl (C=O) groups excluding carboxylic acids is 1. The largest absolute Gasteiger partial charge is 0.472 e. The van der Waals surface area contributed by atoms with E-state index >= 15 is 0 Å². The van der Waals surface area contributed by atoms with E-state index in [-0.39, 0.29) is 5.91 Å². The van der Waals surface area contributed by atoms with Crippen molar-refractivity contribution < 1.29 is 9.21 Å². The van der Waals surface area contributed by atoms with Crippen LogP contribution in [0.15, 0.2) is 47.3 Å². The zero-order chi connectivity index (χ0) is 14.7. The van der Waals surface area contributed by atoms with Gasteiger partial charge in [-0.15, -0.1) is 0 Å². The van der Waals surface area contributed by atoms with Gasteiger partial charge in [0.15, 0.2) is 0 Å². The summed E-state index contributed by atoms with van der Waals surface area (Å²) in [5.41, 5.74) is 1.89. The van der Waals surface area contributed by atoms with Crippen molar-refractivity contribution in [2.75, 3.05) is 13.1 Å². The molecule has 1 aliphatic heterocycles. The second kappa shape index (κ2) is 6.35. The Kier molecular flexibility index (Phi) is 4.30. The van der Waals surface area contributed by atoms with Crippen molar-refractivity contribution in [1.82, 2.24) is 4.90 Å². The lowest BCUT2D eigenvalue weighted by atomic mass is 9.94. The predicted molar refractivity (Wildman–Crippen MR) is 82.7 cm³/mol. The molecule has 0 radical (unpaired) electrons. The van der Waals surface area contributed by atoms with Crippen LogP contribution in [0.2, 0.25) is 5.02 Å². The van der Waals surface area contributed by atoms with Crippen LogP contribution in [0.5, 0.6) is 0 Å². The highest BCUT2D eigenvalue weighted by atomic mass is 35.5. The first-order valence-electron chi connectivity index (χ1n) is 7.31. The van der Waals surface area contributed by atoms with Crippen molar-refractivity contribution in [2.24, 2.45) is 0 Å². The van der Waals surface area contributed by atoms with Gasteiger partial charge in [-0.1, -0.05) is 30.2 Å². The molecular formula is C17H18ClNO2. The lowest BCUT2D eigenvalue weighted by Crippen LogP contribution is -2.33. The van der Waals surface area contributed by atoms with Gasteiger partial charge in [0.25, 0.3) is 5.91 Å². The maximum atomic E-state index is 12.5. The van der Waals surface area contributed by atoms with Crippen LogP contribution < -0.4 is 0 Å². The van der Waals surface area contributed by atoms with E-state index in [0.29, 0.717) is 11.5 Å². The fraction of sp³-hybridized carbons (Fsp3) is 0.353. The van der Waals surface area contributed by atoms with E-state index in [0.717, 1.165) is 37.4 Å². The van der Waals surface area contributed by atoms with Gasteiger partial charge in [-0.3, -0.25) is 4.79 Å². The number of nitrogens with zero attached hydrogens (tertiary/aromatic N) is 1. The van der Waals surface area contributed by atoms with E-state index < -0.39 is 0 Å². The van der Waals surface area contributed by atoms with Gasteiger partial charge in [-0.2, -0.15) is 0 Å². The van der Waals surface area contributed by atoms with E-state index in [1.54, 1.807) is 12.3 Å². The number of amides is 1. The summed E-state index contributed by atoms with van der Waals surface area (Å²) in [6.45, 7) is 1.57. The summed E-state index contributed by atoms with van der Waals surface area (Å²) in [7, 11) is 0. The first-order valence-corrected chi connectivity index (χ1v) is 7.69. The number of hydrogen-bond acceptors (Lipinski definition) is 2. The van der Waals surface area contributed by atoms with E-state index in [2.05, 4.69) is 12.1 Å². The number of carbonyl (C=O) groups is 1. The fourth-order valence-electron chi connectivity index (χ4n) is 2.90. The Balaban J connectivity index is 1.77. The zero-order valence-electron chi connectivity index (χ0n) is 11.8. The third-order valence-electron chi connectivity index (χ3n) is 4.07. The van der Waals surface area contributed by atoms with Gasteiger partial charge in [0.1, 0.15) is 6.26 Å². The highest BCUT2D eigenvalue weighted by Gasteiger charge is 2.24. The summed E-state index contributed by atoms with van der Waals surface area (Å²) in [4.78, 5) is 14.4. The molecule has 4 heteroatoms. The minimum absolute atomic E-state index is 0.0598. The monoisotopic (exact) mass is 303 g/mol. The van der Waals surface area contributed by atoms with Crippen LogP contribution in [-0.2, 0) is 0 Å². The molecule has 1 amide bonds. The van der Waals surface area contributed by atoms with Crippen LogP contribution in [0, 0.1) is 0 Å². The van der Waals surface area contributed by atoms with E-state index in [9.17, 15) is 4.79 Å². The lowest BCUT2D eigenvalue weighted by Gasteiger charge is -2.24. The smallest absolute Gasteiger partial charge is 0.257 e. The summed E-state index contributed by atoms with van der Waals surface area (Å²) in [6.07, 6.45) is 6.36. The average molecular weight is 304 g/mol. The summed E-state index contributed by atoms with van der Waals surface area (Å²) in [5, 5.41) is 0.749. The first kappa shape index (κ1) is 14.2. The highest BCUT2D eigenvalue weighted by molar-refractivity contribution is 6.30. The molecule has 0 saturated carbocycles. The van der Waals surface area contributed by atoms with Crippen molar-refractivity contribution in [1.29, 1.82) is 0 Å². The summed E-state index contributed by atoms with van der Waals surface area (Å²) >= 11 is 5.95. The molecule has 0 unspecified atom stereocenters. The Bertz CT molecular complexity index is 592. The number of halogens is 1. The summed E-state index contributed by atoms with van der Waals surface area (Å²) in [5.74, 6) is 0.435. The molecule has 1 aliphatic rings. The molecule has 2 aromatic rings. The second-order valence-electron chi connectivity index (χ2n) is 5.51. The average Bonchev–Trinajstić information content (AvgIpc) is 2.92. The Labute approximate surface area is 129 Å². The second-order valence-corrected chi connectivity index (χ2v) is 5.94. The first-order chi connectivity index (χ1) is 10.2. The molecule has 110 valence electrons. The Morgan fingerprint density at radius 3 is 2.71 bits per heavy atom. The molecule has 3 nitrogen and oxygen atoms in total. The fourth-order valence-corrected chi connectivity index (χ4v) is 3.03. The van der Waals surface area contributed by atoms with Gasteiger partial charge >= 0.3 is 0 Å². The van der Waals surface area contributed by atoms with Crippen LogP contribution in [0.4, 0.5) is 0 Å². The molecule has 0 aliphatic carbocycles. The van der Waals surface area contributed by atoms with E-state index in [1.807, 2.05) is 17.0 Å². The Hall–Kier alpha value is -1.74. The van der Waals surface area contributed by atoms with Crippen molar-refractivity contribution >= 4 is 17.5 Å².